The average Bonchev–Trinajstić information content (AvgIpc) is 2.78. The topological polar surface area (TPSA) is 99.9 Å². The average molecular weight is 454 g/mol. The van der Waals surface area contributed by atoms with Crippen molar-refractivity contribution in [3.8, 4) is 6.07 Å². The predicted molar refractivity (Wildman–Crippen MR) is 122 cm³/mol. The summed E-state index contributed by atoms with van der Waals surface area (Å²) in [6.07, 6.45) is 3.92. The molecular weight excluding hydrogens is 426 g/mol. The van der Waals surface area contributed by atoms with E-state index in [-0.39, 0.29) is 35.4 Å². The fourth-order valence-corrected chi connectivity index (χ4v) is 5.13. The van der Waals surface area contributed by atoms with Crippen LogP contribution in [0, 0.1) is 30.1 Å². The molecule has 32 heavy (non-hydrogen) atoms. The maximum atomic E-state index is 12.9. The van der Waals surface area contributed by atoms with E-state index in [1.807, 2.05) is 25.1 Å². The molecule has 8 heteroatoms. The molecule has 2 aromatic rings. The lowest BCUT2D eigenvalue weighted by atomic mass is 9.73. The van der Waals surface area contributed by atoms with Crippen LogP contribution in [0.4, 0.5) is 5.82 Å². The molecule has 2 fully saturated rings. The number of nitrogens with zero attached hydrogens (tertiary/aromatic N) is 3. The van der Waals surface area contributed by atoms with E-state index in [2.05, 4.69) is 26.7 Å². The van der Waals surface area contributed by atoms with E-state index >= 15 is 0 Å². The van der Waals surface area contributed by atoms with Crippen molar-refractivity contribution in [1.29, 1.82) is 5.26 Å². The Kier molecular flexibility index (Phi) is 6.92. The minimum atomic E-state index is -0.177. The predicted octanol–water partition coefficient (Wildman–Crippen LogP) is 3.56. The summed E-state index contributed by atoms with van der Waals surface area (Å²) in [7, 11) is 0. The lowest BCUT2D eigenvalue weighted by Crippen LogP contribution is -2.57. The first-order chi connectivity index (χ1) is 15.4. The van der Waals surface area contributed by atoms with E-state index in [1.54, 1.807) is 25.3 Å². The number of hydrogen-bond donors (Lipinski definition) is 2. The number of halogens is 1. The summed E-state index contributed by atoms with van der Waals surface area (Å²) in [6, 6.07) is 11.4. The number of ether oxygens (including phenoxy) is 1. The van der Waals surface area contributed by atoms with Gasteiger partial charge < -0.3 is 15.4 Å². The summed E-state index contributed by atoms with van der Waals surface area (Å²) in [5, 5.41) is 15.5. The second kappa shape index (κ2) is 9.85. The first-order valence-electron chi connectivity index (χ1n) is 11.0. The Morgan fingerprint density at radius 3 is 2.88 bits per heavy atom. The molecule has 6 unspecified atom stereocenters. The maximum absolute atomic E-state index is 12.9. The third-order valence-corrected chi connectivity index (χ3v) is 7.02. The Labute approximate surface area is 193 Å². The second-order valence-electron chi connectivity index (χ2n) is 8.75. The number of hydrogen-bond acceptors (Lipinski definition) is 6. The van der Waals surface area contributed by atoms with E-state index in [4.69, 9.17) is 21.6 Å². The fourth-order valence-electron chi connectivity index (χ4n) is 4.73. The van der Waals surface area contributed by atoms with Gasteiger partial charge in [-0.1, -0.05) is 6.07 Å². The van der Waals surface area contributed by atoms with Crippen molar-refractivity contribution in [2.24, 2.45) is 11.8 Å². The summed E-state index contributed by atoms with van der Waals surface area (Å²) in [5.74, 6) is 0.859. The normalized spacial score (nSPS) is 28.2. The van der Waals surface area contributed by atoms with Crippen LogP contribution in [0.3, 0.4) is 0 Å². The Balaban J connectivity index is 1.35. The summed E-state index contributed by atoms with van der Waals surface area (Å²) in [6.45, 7) is 4.22. The van der Waals surface area contributed by atoms with Crippen molar-refractivity contribution in [2.75, 3.05) is 5.32 Å². The molecule has 0 spiro atoms. The number of carbonyl (C=O) groups excluding carboxylic acids is 1. The number of carbonyl (C=O) groups is 1. The van der Waals surface area contributed by atoms with Gasteiger partial charge in [0.2, 0.25) is 5.91 Å². The van der Waals surface area contributed by atoms with Gasteiger partial charge in [0.05, 0.1) is 41.0 Å². The third kappa shape index (κ3) is 5.03. The van der Waals surface area contributed by atoms with Crippen LogP contribution in [-0.2, 0) is 16.1 Å². The number of alkyl halides is 1. The number of rotatable bonds is 6. The fraction of sp³-hybridized carbons (Fsp3) is 0.500. The van der Waals surface area contributed by atoms with Gasteiger partial charge in [-0.25, -0.2) is 4.98 Å². The molecule has 1 saturated heterocycles. The molecule has 1 aliphatic heterocycles. The minimum Gasteiger partial charge on any atom is -0.370 e. The summed E-state index contributed by atoms with van der Waals surface area (Å²) in [4.78, 5) is 21.7. The number of aromatic nitrogens is 2. The molecule has 2 aliphatic rings. The van der Waals surface area contributed by atoms with Gasteiger partial charge in [0.25, 0.3) is 0 Å². The zero-order valence-electron chi connectivity index (χ0n) is 18.3. The number of anilines is 1. The maximum Gasteiger partial charge on any atom is 0.225 e. The van der Waals surface area contributed by atoms with Gasteiger partial charge in [0.1, 0.15) is 11.9 Å². The van der Waals surface area contributed by atoms with Gasteiger partial charge >= 0.3 is 0 Å². The van der Waals surface area contributed by atoms with Crippen molar-refractivity contribution >= 4 is 23.3 Å². The van der Waals surface area contributed by atoms with Gasteiger partial charge in [-0.2, -0.15) is 5.26 Å². The molecule has 3 heterocycles. The largest absolute Gasteiger partial charge is 0.370 e. The van der Waals surface area contributed by atoms with Crippen molar-refractivity contribution in [2.45, 2.75) is 63.3 Å². The van der Waals surface area contributed by atoms with Crippen LogP contribution in [0.2, 0.25) is 0 Å². The van der Waals surface area contributed by atoms with Gasteiger partial charge in [-0.15, -0.1) is 11.6 Å². The highest BCUT2D eigenvalue weighted by atomic mass is 35.5. The van der Waals surface area contributed by atoms with E-state index < -0.39 is 0 Å². The lowest BCUT2D eigenvalue weighted by Gasteiger charge is -2.45. The highest BCUT2D eigenvalue weighted by Crippen LogP contribution is 2.38. The van der Waals surface area contributed by atoms with Crippen LogP contribution in [0.5, 0.6) is 0 Å². The second-order valence-corrected chi connectivity index (χ2v) is 9.31. The molecule has 6 atom stereocenters. The molecular formula is C24H28ClN5O2. The molecule has 2 N–H and O–H groups in total. The first-order valence-corrected chi connectivity index (χ1v) is 11.5. The monoisotopic (exact) mass is 453 g/mol. The number of nitrogens with one attached hydrogen (secondary N) is 2. The number of amides is 1. The summed E-state index contributed by atoms with van der Waals surface area (Å²) < 4.78 is 6.06. The highest BCUT2D eigenvalue weighted by molar-refractivity contribution is 6.21. The van der Waals surface area contributed by atoms with Crippen molar-refractivity contribution < 1.29 is 9.53 Å². The number of piperidine rings is 1. The van der Waals surface area contributed by atoms with Gasteiger partial charge in [-0.3, -0.25) is 9.78 Å². The van der Waals surface area contributed by atoms with Crippen molar-refractivity contribution in [3.63, 3.8) is 0 Å². The lowest BCUT2D eigenvalue weighted by molar-refractivity contribution is -0.131. The molecule has 0 aromatic carbocycles. The zero-order valence-corrected chi connectivity index (χ0v) is 19.0. The van der Waals surface area contributed by atoms with E-state index in [9.17, 15) is 4.79 Å². The number of fused-ring (bicyclic) bond motifs is 1. The third-order valence-electron chi connectivity index (χ3n) is 6.56. The highest BCUT2D eigenvalue weighted by Gasteiger charge is 2.44. The molecule has 2 aromatic heterocycles. The molecule has 7 nitrogen and oxygen atoms in total. The van der Waals surface area contributed by atoms with Crippen LogP contribution in [-0.4, -0.2) is 39.4 Å². The molecule has 0 radical (unpaired) electrons. The van der Waals surface area contributed by atoms with Gasteiger partial charge in [-0.05, 0) is 63.3 Å². The molecule has 1 amide bonds. The number of aryl methyl sites for hydroxylation is 1. The Bertz CT molecular complexity index is 996. The summed E-state index contributed by atoms with van der Waals surface area (Å²) >= 11 is 6.70. The molecule has 1 saturated carbocycles. The van der Waals surface area contributed by atoms with Crippen LogP contribution >= 0.6 is 11.6 Å². The zero-order chi connectivity index (χ0) is 22.7. The van der Waals surface area contributed by atoms with E-state index in [0.29, 0.717) is 36.0 Å². The van der Waals surface area contributed by atoms with Gasteiger partial charge in [0.15, 0.2) is 0 Å². The number of nitriles is 1. The summed E-state index contributed by atoms with van der Waals surface area (Å²) in [5.41, 5.74) is 2.10. The van der Waals surface area contributed by atoms with Crippen LogP contribution < -0.4 is 10.6 Å². The Morgan fingerprint density at radius 1 is 1.31 bits per heavy atom. The molecule has 4 rings (SSSR count). The first kappa shape index (κ1) is 22.5. The molecule has 168 valence electrons. The number of pyridine rings is 2. The standard InChI is InChI=1S/C24H28ClN5O2/c1-14-16(12-26)6-7-23(28-14)29-15(2)19-9-17-10-20(25)22(11-21(17)30-24(19)31)32-13-18-5-3-4-8-27-18/h3-8,15,17,19-22H,9-11,13H2,1-2H3,(H,28,29)(H,30,31). The molecule has 1 aliphatic carbocycles. The minimum absolute atomic E-state index is 0.0492. The van der Waals surface area contributed by atoms with Crippen molar-refractivity contribution in [1.82, 2.24) is 15.3 Å². The van der Waals surface area contributed by atoms with Gasteiger partial charge in [0, 0.05) is 18.3 Å². The Hall–Kier alpha value is -2.69. The van der Waals surface area contributed by atoms with Crippen molar-refractivity contribution in [3.05, 3.63) is 53.5 Å². The van der Waals surface area contributed by atoms with Crippen LogP contribution in [0.25, 0.3) is 0 Å². The quantitative estimate of drug-likeness (QED) is 0.648. The SMILES string of the molecule is Cc1nc(NC(C)C2CC3CC(Cl)C(OCc4ccccn4)CC3NC2=O)ccc1C#N. The smallest absolute Gasteiger partial charge is 0.225 e. The van der Waals surface area contributed by atoms with Crippen LogP contribution in [0.15, 0.2) is 36.5 Å². The van der Waals surface area contributed by atoms with Crippen LogP contribution in [0.1, 0.15) is 43.1 Å². The van der Waals surface area contributed by atoms with E-state index in [1.165, 1.54) is 0 Å². The van der Waals surface area contributed by atoms with E-state index in [0.717, 1.165) is 18.5 Å². The molecule has 0 bridgehead atoms. The Morgan fingerprint density at radius 2 is 2.16 bits per heavy atom.